The SMILES string of the molecule is CNCC(=O)NCC(c1cccs1)N1CCC(C)CC1. The molecule has 1 aromatic heterocycles. The molecule has 2 rings (SSSR count). The zero-order valence-electron chi connectivity index (χ0n) is 12.4. The second-order valence-electron chi connectivity index (χ2n) is 5.58. The van der Waals surface area contributed by atoms with Crippen LogP contribution in [0.15, 0.2) is 17.5 Å². The summed E-state index contributed by atoms with van der Waals surface area (Å²) >= 11 is 1.78. The molecule has 0 radical (unpaired) electrons. The summed E-state index contributed by atoms with van der Waals surface area (Å²) in [5, 5.41) is 8.05. The van der Waals surface area contributed by atoms with E-state index in [2.05, 4.69) is 40.0 Å². The molecule has 5 heteroatoms. The van der Waals surface area contributed by atoms with Crippen LogP contribution < -0.4 is 10.6 Å². The second-order valence-corrected chi connectivity index (χ2v) is 6.56. The molecule has 1 saturated heterocycles. The second kappa shape index (κ2) is 7.76. The van der Waals surface area contributed by atoms with Gasteiger partial charge in [-0.25, -0.2) is 0 Å². The van der Waals surface area contributed by atoms with E-state index < -0.39 is 0 Å². The summed E-state index contributed by atoms with van der Waals surface area (Å²) < 4.78 is 0. The molecule has 4 nitrogen and oxygen atoms in total. The van der Waals surface area contributed by atoms with Gasteiger partial charge in [0.05, 0.1) is 12.6 Å². The van der Waals surface area contributed by atoms with Gasteiger partial charge in [0.2, 0.25) is 5.91 Å². The maximum absolute atomic E-state index is 11.7. The molecule has 1 atom stereocenters. The molecule has 20 heavy (non-hydrogen) atoms. The Kier molecular flexibility index (Phi) is 6.01. The molecule has 1 aliphatic heterocycles. The summed E-state index contributed by atoms with van der Waals surface area (Å²) in [6, 6.07) is 4.59. The normalized spacial score (nSPS) is 18.9. The third kappa shape index (κ3) is 4.30. The Balaban J connectivity index is 1.96. The Hall–Kier alpha value is -0.910. The van der Waals surface area contributed by atoms with Crippen molar-refractivity contribution in [3.63, 3.8) is 0 Å². The number of piperidine rings is 1. The quantitative estimate of drug-likeness (QED) is 0.842. The Labute approximate surface area is 125 Å². The van der Waals surface area contributed by atoms with Crippen LogP contribution in [0.3, 0.4) is 0 Å². The molecule has 2 N–H and O–H groups in total. The summed E-state index contributed by atoms with van der Waals surface area (Å²) in [5.41, 5.74) is 0. The number of thiophene rings is 1. The fraction of sp³-hybridized carbons (Fsp3) is 0.667. The van der Waals surface area contributed by atoms with Gasteiger partial charge in [-0.1, -0.05) is 13.0 Å². The molecule has 112 valence electrons. The first kappa shape index (κ1) is 15.5. The van der Waals surface area contributed by atoms with Crippen LogP contribution in [0.25, 0.3) is 0 Å². The summed E-state index contributed by atoms with van der Waals surface area (Å²) in [4.78, 5) is 15.5. The van der Waals surface area contributed by atoms with Gasteiger partial charge < -0.3 is 10.6 Å². The topological polar surface area (TPSA) is 44.4 Å². The monoisotopic (exact) mass is 295 g/mol. The first-order chi connectivity index (χ1) is 9.70. The van der Waals surface area contributed by atoms with Gasteiger partial charge in [0, 0.05) is 11.4 Å². The van der Waals surface area contributed by atoms with Crippen LogP contribution in [0.5, 0.6) is 0 Å². The van der Waals surface area contributed by atoms with Gasteiger partial charge in [0.1, 0.15) is 0 Å². The van der Waals surface area contributed by atoms with Crippen molar-refractivity contribution in [3.8, 4) is 0 Å². The van der Waals surface area contributed by atoms with Crippen molar-refractivity contribution >= 4 is 17.2 Å². The van der Waals surface area contributed by atoms with E-state index in [4.69, 9.17) is 0 Å². The molecule has 1 fully saturated rings. The van der Waals surface area contributed by atoms with Gasteiger partial charge in [0.25, 0.3) is 0 Å². The minimum Gasteiger partial charge on any atom is -0.353 e. The number of likely N-dealkylation sites (N-methyl/N-ethyl adjacent to an activating group) is 1. The first-order valence-electron chi connectivity index (χ1n) is 7.39. The predicted octanol–water partition coefficient (Wildman–Crippen LogP) is 1.86. The minimum atomic E-state index is 0.0689. The molecular formula is C15H25N3OS. The highest BCUT2D eigenvalue weighted by molar-refractivity contribution is 7.10. The number of hydrogen-bond donors (Lipinski definition) is 2. The molecule has 1 aromatic rings. The molecule has 0 saturated carbocycles. The van der Waals surface area contributed by atoms with E-state index in [1.807, 2.05) is 0 Å². The van der Waals surface area contributed by atoms with Crippen LogP contribution in [-0.2, 0) is 4.79 Å². The fourth-order valence-corrected chi connectivity index (χ4v) is 3.53. The van der Waals surface area contributed by atoms with Gasteiger partial charge in [0.15, 0.2) is 0 Å². The van der Waals surface area contributed by atoms with Gasteiger partial charge >= 0.3 is 0 Å². The van der Waals surface area contributed by atoms with Crippen molar-refractivity contribution in [2.24, 2.45) is 5.92 Å². The Morgan fingerprint density at radius 2 is 2.25 bits per heavy atom. The molecule has 2 heterocycles. The minimum absolute atomic E-state index is 0.0689. The number of carbonyl (C=O) groups excluding carboxylic acids is 1. The number of amides is 1. The van der Waals surface area contributed by atoms with E-state index in [0.717, 1.165) is 19.0 Å². The van der Waals surface area contributed by atoms with Crippen LogP contribution in [0.2, 0.25) is 0 Å². The van der Waals surface area contributed by atoms with E-state index in [1.54, 1.807) is 18.4 Å². The van der Waals surface area contributed by atoms with E-state index in [-0.39, 0.29) is 5.91 Å². The average molecular weight is 295 g/mol. The van der Waals surface area contributed by atoms with E-state index in [9.17, 15) is 4.79 Å². The first-order valence-corrected chi connectivity index (χ1v) is 8.27. The highest BCUT2D eigenvalue weighted by atomic mass is 32.1. The lowest BCUT2D eigenvalue weighted by Crippen LogP contribution is -2.43. The Morgan fingerprint density at radius 3 is 2.85 bits per heavy atom. The fourth-order valence-electron chi connectivity index (χ4n) is 2.66. The van der Waals surface area contributed by atoms with Crippen LogP contribution >= 0.6 is 11.3 Å². The Morgan fingerprint density at radius 1 is 1.50 bits per heavy atom. The zero-order valence-corrected chi connectivity index (χ0v) is 13.2. The number of hydrogen-bond acceptors (Lipinski definition) is 4. The maximum atomic E-state index is 11.7. The zero-order chi connectivity index (χ0) is 14.4. The van der Waals surface area contributed by atoms with E-state index in [1.165, 1.54) is 17.7 Å². The van der Waals surface area contributed by atoms with Crippen molar-refractivity contribution in [1.29, 1.82) is 0 Å². The van der Waals surface area contributed by atoms with Gasteiger partial charge in [-0.2, -0.15) is 0 Å². The predicted molar refractivity (Wildman–Crippen MR) is 84.0 cm³/mol. The lowest BCUT2D eigenvalue weighted by Gasteiger charge is -2.36. The highest BCUT2D eigenvalue weighted by Crippen LogP contribution is 2.28. The summed E-state index contributed by atoms with van der Waals surface area (Å²) in [5.74, 6) is 0.897. The molecule has 0 spiro atoms. The van der Waals surface area contributed by atoms with E-state index in [0.29, 0.717) is 19.1 Å². The summed E-state index contributed by atoms with van der Waals surface area (Å²) in [6.45, 7) is 5.67. The van der Waals surface area contributed by atoms with Gasteiger partial charge in [-0.3, -0.25) is 9.69 Å². The van der Waals surface area contributed by atoms with Crippen LogP contribution in [0.4, 0.5) is 0 Å². The molecule has 0 aliphatic carbocycles. The van der Waals surface area contributed by atoms with Crippen LogP contribution in [-0.4, -0.2) is 44.0 Å². The summed E-state index contributed by atoms with van der Waals surface area (Å²) in [7, 11) is 1.79. The third-order valence-corrected chi connectivity index (χ3v) is 4.93. The molecule has 0 aromatic carbocycles. The molecule has 0 bridgehead atoms. The maximum Gasteiger partial charge on any atom is 0.234 e. The Bertz CT molecular complexity index is 399. The number of carbonyl (C=O) groups is 1. The van der Waals surface area contributed by atoms with Gasteiger partial charge in [-0.15, -0.1) is 11.3 Å². The largest absolute Gasteiger partial charge is 0.353 e. The number of nitrogens with zero attached hydrogens (tertiary/aromatic N) is 1. The van der Waals surface area contributed by atoms with Crippen molar-refractivity contribution < 1.29 is 4.79 Å². The highest BCUT2D eigenvalue weighted by Gasteiger charge is 2.25. The number of rotatable bonds is 6. The molecule has 1 unspecified atom stereocenters. The third-order valence-electron chi connectivity index (χ3n) is 3.96. The lowest BCUT2D eigenvalue weighted by molar-refractivity contribution is -0.120. The van der Waals surface area contributed by atoms with E-state index >= 15 is 0 Å². The summed E-state index contributed by atoms with van der Waals surface area (Å²) in [6.07, 6.45) is 2.51. The molecule has 1 aliphatic rings. The smallest absolute Gasteiger partial charge is 0.234 e. The molecule has 1 amide bonds. The standard InChI is InChI=1S/C15H25N3OS/c1-12-5-7-18(8-6-12)13(14-4-3-9-20-14)10-17-15(19)11-16-2/h3-4,9,12-13,16H,5-8,10-11H2,1-2H3,(H,17,19). The number of likely N-dealkylation sites (tertiary alicyclic amines) is 1. The van der Waals surface area contributed by atoms with Crippen LogP contribution in [0.1, 0.15) is 30.7 Å². The average Bonchev–Trinajstić information content (AvgIpc) is 2.95. The molecular weight excluding hydrogens is 270 g/mol. The van der Waals surface area contributed by atoms with Crippen molar-refractivity contribution in [1.82, 2.24) is 15.5 Å². The number of nitrogens with one attached hydrogen (secondary N) is 2. The van der Waals surface area contributed by atoms with Crippen molar-refractivity contribution in [2.45, 2.75) is 25.8 Å². The lowest BCUT2D eigenvalue weighted by atomic mass is 9.97. The van der Waals surface area contributed by atoms with Gasteiger partial charge in [-0.05, 0) is 50.3 Å². The van der Waals surface area contributed by atoms with Crippen molar-refractivity contribution in [3.05, 3.63) is 22.4 Å². The van der Waals surface area contributed by atoms with Crippen molar-refractivity contribution in [2.75, 3.05) is 33.2 Å². The van der Waals surface area contributed by atoms with Crippen LogP contribution in [0, 0.1) is 5.92 Å².